The topological polar surface area (TPSA) is 105 Å². The summed E-state index contributed by atoms with van der Waals surface area (Å²) in [5, 5.41) is 21.1. The molecule has 1 aromatic rings. The number of hydrogen-bond acceptors (Lipinski definition) is 5. The molecule has 0 bridgehead atoms. The van der Waals surface area contributed by atoms with Crippen LogP contribution in [0.3, 0.4) is 0 Å². The van der Waals surface area contributed by atoms with Crippen molar-refractivity contribution in [2.24, 2.45) is 0 Å². The maximum Gasteiger partial charge on any atom is 0.332 e. The molecule has 1 saturated heterocycles. The monoisotopic (exact) mass is 323 g/mol. The number of carbonyl (C=O) groups excluding carboxylic acids is 1. The Kier molecular flexibility index (Phi) is 5.23. The van der Waals surface area contributed by atoms with Crippen molar-refractivity contribution in [3.05, 3.63) is 24.3 Å². The Labute approximate surface area is 134 Å². The molecule has 3 N–H and O–H groups in total. The first-order chi connectivity index (χ1) is 10.7. The fraction of sp³-hybridized carbons (Fsp3) is 0.500. The Balaban J connectivity index is 1.86. The lowest BCUT2D eigenvalue weighted by Crippen LogP contribution is -2.30. The third-order valence-electron chi connectivity index (χ3n) is 3.30. The molecule has 0 radical (unpaired) electrons. The summed E-state index contributed by atoms with van der Waals surface area (Å²) in [7, 11) is 0. The minimum Gasteiger partial charge on any atom is -0.491 e. The van der Waals surface area contributed by atoms with Crippen LogP contribution in [0.15, 0.2) is 24.3 Å². The molecule has 23 heavy (non-hydrogen) atoms. The van der Waals surface area contributed by atoms with Crippen molar-refractivity contribution in [1.82, 2.24) is 0 Å². The quantitative estimate of drug-likeness (QED) is 0.731. The summed E-state index contributed by atoms with van der Waals surface area (Å²) in [6.07, 6.45) is -0.947. The average molecular weight is 323 g/mol. The van der Waals surface area contributed by atoms with Gasteiger partial charge < -0.3 is 25.0 Å². The van der Waals surface area contributed by atoms with E-state index >= 15 is 0 Å². The van der Waals surface area contributed by atoms with E-state index in [2.05, 4.69) is 5.32 Å². The molecule has 1 aliphatic rings. The summed E-state index contributed by atoms with van der Waals surface area (Å²) in [4.78, 5) is 22.8. The fourth-order valence-electron chi connectivity index (χ4n) is 2.13. The standard InChI is InChI=1S/C16H21NO6/c1-16(2,21)9-22-11-5-3-10(4-6-11)17-14(18)12-7-8-13(23-12)15(19)20/h3-6,12-13,21H,7-9H2,1-2H3,(H,17,18)(H,19,20)/t12-,13+/m0/s1. The van der Waals surface area contributed by atoms with Gasteiger partial charge >= 0.3 is 5.97 Å². The smallest absolute Gasteiger partial charge is 0.332 e. The zero-order valence-corrected chi connectivity index (χ0v) is 13.1. The molecule has 0 unspecified atom stereocenters. The Morgan fingerprint density at radius 2 is 1.87 bits per heavy atom. The molecule has 2 rings (SSSR count). The highest BCUT2D eigenvalue weighted by Gasteiger charge is 2.34. The zero-order valence-electron chi connectivity index (χ0n) is 13.1. The van der Waals surface area contributed by atoms with E-state index in [1.54, 1.807) is 38.1 Å². The molecule has 1 aromatic carbocycles. The number of carboxylic acids is 1. The summed E-state index contributed by atoms with van der Waals surface area (Å²) in [5.74, 6) is -0.833. The van der Waals surface area contributed by atoms with Crippen molar-refractivity contribution in [1.29, 1.82) is 0 Å². The van der Waals surface area contributed by atoms with Gasteiger partial charge in [-0.25, -0.2) is 4.79 Å². The molecule has 7 nitrogen and oxygen atoms in total. The molecular weight excluding hydrogens is 302 g/mol. The lowest BCUT2D eigenvalue weighted by Gasteiger charge is -2.18. The van der Waals surface area contributed by atoms with Crippen LogP contribution in [-0.2, 0) is 14.3 Å². The van der Waals surface area contributed by atoms with Crippen LogP contribution in [-0.4, -0.2) is 46.5 Å². The van der Waals surface area contributed by atoms with Gasteiger partial charge in [-0.2, -0.15) is 0 Å². The molecule has 7 heteroatoms. The molecule has 1 aliphatic heterocycles. The van der Waals surface area contributed by atoms with E-state index in [0.29, 0.717) is 24.3 Å². The lowest BCUT2D eigenvalue weighted by atomic mass is 10.2. The summed E-state index contributed by atoms with van der Waals surface area (Å²) in [6.45, 7) is 3.45. The number of carboxylic acid groups (broad SMARTS) is 1. The number of benzene rings is 1. The number of ether oxygens (including phenoxy) is 2. The van der Waals surface area contributed by atoms with E-state index in [9.17, 15) is 14.7 Å². The van der Waals surface area contributed by atoms with Crippen molar-refractivity contribution >= 4 is 17.6 Å². The van der Waals surface area contributed by atoms with Crippen LogP contribution in [0.2, 0.25) is 0 Å². The third kappa shape index (κ3) is 5.22. The summed E-state index contributed by atoms with van der Waals surface area (Å²) < 4.78 is 10.6. The molecule has 2 atom stereocenters. The van der Waals surface area contributed by atoms with Gasteiger partial charge in [-0.05, 0) is 51.0 Å². The van der Waals surface area contributed by atoms with Gasteiger partial charge in [-0.15, -0.1) is 0 Å². The molecule has 0 spiro atoms. The molecule has 1 heterocycles. The highest BCUT2D eigenvalue weighted by molar-refractivity contribution is 5.94. The number of aliphatic hydroxyl groups is 1. The highest BCUT2D eigenvalue weighted by Crippen LogP contribution is 2.22. The average Bonchev–Trinajstić information content (AvgIpc) is 2.96. The van der Waals surface area contributed by atoms with E-state index in [4.69, 9.17) is 14.6 Å². The minimum absolute atomic E-state index is 0.158. The SMILES string of the molecule is CC(C)(O)COc1ccc(NC(=O)[C@@H]2CC[C@H](C(=O)O)O2)cc1. The van der Waals surface area contributed by atoms with Crippen LogP contribution >= 0.6 is 0 Å². The van der Waals surface area contributed by atoms with E-state index in [-0.39, 0.29) is 12.5 Å². The van der Waals surface area contributed by atoms with Gasteiger partial charge in [0.15, 0.2) is 6.10 Å². The predicted octanol–water partition coefficient (Wildman–Crippen LogP) is 1.41. The number of amides is 1. The number of anilines is 1. The highest BCUT2D eigenvalue weighted by atomic mass is 16.5. The van der Waals surface area contributed by atoms with E-state index in [0.717, 1.165) is 0 Å². The third-order valence-corrected chi connectivity index (χ3v) is 3.30. The first-order valence-corrected chi connectivity index (χ1v) is 7.39. The van der Waals surface area contributed by atoms with E-state index < -0.39 is 23.8 Å². The van der Waals surface area contributed by atoms with Crippen molar-refractivity contribution in [3.63, 3.8) is 0 Å². The molecule has 1 amide bonds. The normalized spacial score (nSPS) is 21.0. The Bertz CT molecular complexity index is 563. The van der Waals surface area contributed by atoms with Crippen molar-refractivity contribution in [2.45, 2.75) is 44.5 Å². The second kappa shape index (κ2) is 6.97. The van der Waals surface area contributed by atoms with Crippen LogP contribution in [0.1, 0.15) is 26.7 Å². The molecule has 0 aromatic heterocycles. The van der Waals surface area contributed by atoms with Gasteiger partial charge in [-0.3, -0.25) is 4.79 Å². The van der Waals surface area contributed by atoms with Gasteiger partial charge in [0, 0.05) is 5.69 Å². The van der Waals surface area contributed by atoms with Crippen LogP contribution in [0.25, 0.3) is 0 Å². The number of hydrogen-bond donors (Lipinski definition) is 3. The number of aliphatic carboxylic acids is 1. The first-order valence-electron chi connectivity index (χ1n) is 7.39. The first kappa shape index (κ1) is 17.2. The van der Waals surface area contributed by atoms with Gasteiger partial charge in [0.2, 0.25) is 0 Å². The second-order valence-electron chi connectivity index (χ2n) is 6.14. The molecular formula is C16H21NO6. The maximum atomic E-state index is 12.0. The van der Waals surface area contributed by atoms with Crippen LogP contribution in [0.4, 0.5) is 5.69 Å². The number of carbonyl (C=O) groups is 2. The van der Waals surface area contributed by atoms with Gasteiger partial charge in [0.05, 0.1) is 5.60 Å². The molecule has 126 valence electrons. The predicted molar refractivity (Wildman–Crippen MR) is 82.4 cm³/mol. The van der Waals surface area contributed by atoms with Crippen molar-refractivity contribution in [2.75, 3.05) is 11.9 Å². The second-order valence-corrected chi connectivity index (χ2v) is 6.14. The minimum atomic E-state index is -1.05. The summed E-state index contributed by atoms with van der Waals surface area (Å²) in [5.41, 5.74) is -0.360. The number of nitrogens with one attached hydrogen (secondary N) is 1. The van der Waals surface area contributed by atoms with E-state index in [1.807, 2.05) is 0 Å². The Morgan fingerprint density at radius 3 is 2.39 bits per heavy atom. The lowest BCUT2D eigenvalue weighted by molar-refractivity contribution is -0.150. The zero-order chi connectivity index (χ0) is 17.0. The Morgan fingerprint density at radius 1 is 1.26 bits per heavy atom. The summed E-state index contributed by atoms with van der Waals surface area (Å²) >= 11 is 0. The van der Waals surface area contributed by atoms with Gasteiger partial charge in [-0.1, -0.05) is 0 Å². The van der Waals surface area contributed by atoms with Crippen LogP contribution < -0.4 is 10.1 Å². The van der Waals surface area contributed by atoms with E-state index in [1.165, 1.54) is 0 Å². The molecule has 0 aliphatic carbocycles. The van der Waals surface area contributed by atoms with Crippen LogP contribution in [0.5, 0.6) is 5.75 Å². The largest absolute Gasteiger partial charge is 0.491 e. The number of rotatable bonds is 6. The van der Waals surface area contributed by atoms with Crippen molar-refractivity contribution in [3.8, 4) is 5.75 Å². The van der Waals surface area contributed by atoms with Gasteiger partial charge in [0.25, 0.3) is 5.91 Å². The fourth-order valence-corrected chi connectivity index (χ4v) is 2.13. The maximum absolute atomic E-state index is 12.0. The molecule has 0 saturated carbocycles. The molecule has 1 fully saturated rings. The Hall–Kier alpha value is -2.12. The van der Waals surface area contributed by atoms with Crippen molar-refractivity contribution < 1.29 is 29.3 Å². The van der Waals surface area contributed by atoms with Crippen LogP contribution in [0, 0.1) is 0 Å². The van der Waals surface area contributed by atoms with Gasteiger partial charge in [0.1, 0.15) is 18.5 Å². The summed E-state index contributed by atoms with van der Waals surface area (Å²) in [6, 6.07) is 6.69.